The molecule has 6 heteroatoms. The van der Waals surface area contributed by atoms with Crippen LogP contribution in [0.15, 0.2) is 28.7 Å². The number of nitrogens with one attached hydrogen (secondary N) is 1. The molecule has 0 saturated heterocycles. The van der Waals surface area contributed by atoms with Crippen LogP contribution in [0.5, 0.6) is 0 Å². The molecule has 6 nitrogen and oxygen atoms in total. The summed E-state index contributed by atoms with van der Waals surface area (Å²) in [5.74, 6) is 1.03. The number of aryl methyl sites for hydroxylation is 1. The summed E-state index contributed by atoms with van der Waals surface area (Å²) >= 11 is 0. The Balaban J connectivity index is 1.87. The molecule has 22 heavy (non-hydrogen) atoms. The molecule has 2 aromatic rings. The van der Waals surface area contributed by atoms with Crippen LogP contribution in [0, 0.1) is 6.92 Å². The maximum absolute atomic E-state index is 11.8. The standard InChI is InChI=1S/C16H22N4O2/c1-4-20(5-2)16(21)17-11-10-14-18-19-15(22-14)13-8-6-12(3)7-9-13/h6-9H,4-5,10-11H2,1-3H3,(H,17,21). The van der Waals surface area contributed by atoms with Crippen LogP contribution in [0.4, 0.5) is 4.79 Å². The largest absolute Gasteiger partial charge is 0.421 e. The van der Waals surface area contributed by atoms with E-state index in [4.69, 9.17) is 4.42 Å². The molecule has 0 aliphatic carbocycles. The van der Waals surface area contributed by atoms with Crippen LogP contribution in [-0.2, 0) is 6.42 Å². The summed E-state index contributed by atoms with van der Waals surface area (Å²) in [5.41, 5.74) is 2.08. The van der Waals surface area contributed by atoms with Crippen molar-refractivity contribution in [2.24, 2.45) is 0 Å². The number of amides is 2. The number of benzene rings is 1. The fourth-order valence-electron chi connectivity index (χ4n) is 2.07. The fourth-order valence-corrected chi connectivity index (χ4v) is 2.07. The Bertz CT molecular complexity index is 603. The van der Waals surface area contributed by atoms with Crippen molar-refractivity contribution < 1.29 is 9.21 Å². The monoisotopic (exact) mass is 302 g/mol. The van der Waals surface area contributed by atoms with E-state index < -0.39 is 0 Å². The average Bonchev–Trinajstić information content (AvgIpc) is 2.98. The van der Waals surface area contributed by atoms with Gasteiger partial charge in [0.1, 0.15) is 0 Å². The van der Waals surface area contributed by atoms with Gasteiger partial charge in [0.25, 0.3) is 0 Å². The highest BCUT2D eigenvalue weighted by atomic mass is 16.4. The molecule has 0 saturated carbocycles. The number of hydrogen-bond acceptors (Lipinski definition) is 4. The maximum Gasteiger partial charge on any atom is 0.317 e. The van der Waals surface area contributed by atoms with Gasteiger partial charge in [-0.3, -0.25) is 0 Å². The Kier molecular flexibility index (Phi) is 5.52. The van der Waals surface area contributed by atoms with Crippen molar-refractivity contribution in [1.29, 1.82) is 0 Å². The summed E-state index contributed by atoms with van der Waals surface area (Å²) in [6.07, 6.45) is 0.520. The van der Waals surface area contributed by atoms with E-state index in [0.29, 0.717) is 37.8 Å². The SMILES string of the molecule is CCN(CC)C(=O)NCCc1nnc(-c2ccc(C)cc2)o1. The minimum absolute atomic E-state index is 0.0664. The highest BCUT2D eigenvalue weighted by Gasteiger charge is 2.11. The van der Waals surface area contributed by atoms with E-state index in [2.05, 4.69) is 15.5 Å². The van der Waals surface area contributed by atoms with Crippen molar-refractivity contribution in [2.45, 2.75) is 27.2 Å². The van der Waals surface area contributed by atoms with Gasteiger partial charge in [0, 0.05) is 31.6 Å². The zero-order valence-corrected chi connectivity index (χ0v) is 13.3. The Hall–Kier alpha value is -2.37. The van der Waals surface area contributed by atoms with Gasteiger partial charge < -0.3 is 14.6 Å². The number of hydrogen-bond donors (Lipinski definition) is 1. The molecule has 1 N–H and O–H groups in total. The van der Waals surface area contributed by atoms with E-state index in [9.17, 15) is 4.79 Å². The predicted molar refractivity (Wildman–Crippen MR) is 84.5 cm³/mol. The summed E-state index contributed by atoms with van der Waals surface area (Å²) < 4.78 is 5.62. The number of urea groups is 1. The van der Waals surface area contributed by atoms with Gasteiger partial charge >= 0.3 is 6.03 Å². The molecule has 0 atom stereocenters. The van der Waals surface area contributed by atoms with Gasteiger partial charge in [-0.2, -0.15) is 0 Å². The van der Waals surface area contributed by atoms with Crippen LogP contribution in [0.25, 0.3) is 11.5 Å². The lowest BCUT2D eigenvalue weighted by Gasteiger charge is -2.18. The molecule has 118 valence electrons. The van der Waals surface area contributed by atoms with Gasteiger partial charge in [0.05, 0.1) is 0 Å². The lowest BCUT2D eigenvalue weighted by molar-refractivity contribution is 0.203. The first-order valence-electron chi connectivity index (χ1n) is 7.56. The Morgan fingerprint density at radius 3 is 2.50 bits per heavy atom. The molecule has 1 aromatic heterocycles. The highest BCUT2D eigenvalue weighted by molar-refractivity contribution is 5.74. The number of carbonyl (C=O) groups excluding carboxylic acids is 1. The van der Waals surface area contributed by atoms with Crippen molar-refractivity contribution in [3.8, 4) is 11.5 Å². The Morgan fingerprint density at radius 2 is 1.86 bits per heavy atom. The first kappa shape index (κ1) is 16.0. The molecular weight excluding hydrogens is 280 g/mol. The van der Waals surface area contributed by atoms with Crippen LogP contribution >= 0.6 is 0 Å². The number of nitrogens with zero attached hydrogens (tertiary/aromatic N) is 3. The maximum atomic E-state index is 11.8. The zero-order chi connectivity index (χ0) is 15.9. The van der Waals surface area contributed by atoms with E-state index in [1.807, 2.05) is 45.0 Å². The molecular formula is C16H22N4O2. The van der Waals surface area contributed by atoms with E-state index in [-0.39, 0.29) is 6.03 Å². The third kappa shape index (κ3) is 4.07. The second-order valence-corrected chi connectivity index (χ2v) is 5.02. The summed E-state index contributed by atoms with van der Waals surface area (Å²) in [6.45, 7) is 7.80. The van der Waals surface area contributed by atoms with Crippen LogP contribution in [-0.4, -0.2) is 40.8 Å². The molecule has 0 aliphatic heterocycles. The van der Waals surface area contributed by atoms with Crippen LogP contribution in [0.3, 0.4) is 0 Å². The van der Waals surface area contributed by atoms with Crippen molar-refractivity contribution in [1.82, 2.24) is 20.4 Å². The normalized spacial score (nSPS) is 10.5. The minimum Gasteiger partial charge on any atom is -0.421 e. The fraction of sp³-hybridized carbons (Fsp3) is 0.438. The van der Waals surface area contributed by atoms with Crippen molar-refractivity contribution in [2.75, 3.05) is 19.6 Å². The summed E-state index contributed by atoms with van der Waals surface area (Å²) in [4.78, 5) is 13.5. The second kappa shape index (κ2) is 7.59. The summed E-state index contributed by atoms with van der Waals surface area (Å²) in [5, 5.41) is 10.9. The molecule has 2 amide bonds. The average molecular weight is 302 g/mol. The van der Waals surface area contributed by atoms with Crippen LogP contribution in [0.1, 0.15) is 25.3 Å². The van der Waals surface area contributed by atoms with E-state index in [1.54, 1.807) is 4.90 Å². The van der Waals surface area contributed by atoms with Gasteiger partial charge in [0.2, 0.25) is 11.8 Å². The Morgan fingerprint density at radius 1 is 1.18 bits per heavy atom. The first-order valence-corrected chi connectivity index (χ1v) is 7.56. The van der Waals surface area contributed by atoms with E-state index >= 15 is 0 Å². The lowest BCUT2D eigenvalue weighted by atomic mass is 10.1. The molecule has 0 aliphatic rings. The van der Waals surface area contributed by atoms with Gasteiger partial charge in [0.15, 0.2) is 0 Å². The summed E-state index contributed by atoms with van der Waals surface area (Å²) in [7, 11) is 0. The topological polar surface area (TPSA) is 71.3 Å². The molecule has 2 rings (SSSR count). The Labute approximate surface area is 130 Å². The molecule has 0 unspecified atom stereocenters. The van der Waals surface area contributed by atoms with Gasteiger partial charge in [-0.25, -0.2) is 4.79 Å². The van der Waals surface area contributed by atoms with Crippen molar-refractivity contribution in [3.05, 3.63) is 35.7 Å². The number of carbonyl (C=O) groups is 1. The highest BCUT2D eigenvalue weighted by Crippen LogP contribution is 2.18. The van der Waals surface area contributed by atoms with E-state index in [1.165, 1.54) is 5.56 Å². The van der Waals surface area contributed by atoms with E-state index in [0.717, 1.165) is 5.56 Å². The molecule has 1 aromatic carbocycles. The number of rotatable bonds is 6. The van der Waals surface area contributed by atoms with Gasteiger partial charge in [-0.15, -0.1) is 10.2 Å². The van der Waals surface area contributed by atoms with Gasteiger partial charge in [-0.05, 0) is 32.9 Å². The molecule has 0 fully saturated rings. The third-order valence-electron chi connectivity index (χ3n) is 3.43. The first-order chi connectivity index (χ1) is 10.6. The second-order valence-electron chi connectivity index (χ2n) is 5.02. The lowest BCUT2D eigenvalue weighted by Crippen LogP contribution is -2.40. The molecule has 0 bridgehead atoms. The van der Waals surface area contributed by atoms with Crippen molar-refractivity contribution in [3.63, 3.8) is 0 Å². The third-order valence-corrected chi connectivity index (χ3v) is 3.43. The number of aromatic nitrogens is 2. The van der Waals surface area contributed by atoms with Crippen molar-refractivity contribution >= 4 is 6.03 Å². The zero-order valence-electron chi connectivity index (χ0n) is 13.3. The molecule has 0 spiro atoms. The molecule has 0 radical (unpaired) electrons. The quantitative estimate of drug-likeness (QED) is 0.890. The summed E-state index contributed by atoms with van der Waals surface area (Å²) in [6, 6.07) is 7.85. The molecule has 1 heterocycles. The van der Waals surface area contributed by atoms with Crippen LogP contribution < -0.4 is 5.32 Å². The predicted octanol–water partition coefficient (Wildman–Crippen LogP) is 2.64. The van der Waals surface area contributed by atoms with Gasteiger partial charge in [-0.1, -0.05) is 17.7 Å². The minimum atomic E-state index is -0.0664. The smallest absolute Gasteiger partial charge is 0.317 e. The van der Waals surface area contributed by atoms with Crippen LogP contribution in [0.2, 0.25) is 0 Å².